The Morgan fingerprint density at radius 2 is 2.00 bits per heavy atom. The average Bonchev–Trinajstić information content (AvgIpc) is 2.99. The summed E-state index contributed by atoms with van der Waals surface area (Å²) in [5.41, 5.74) is 0.557. The predicted octanol–water partition coefficient (Wildman–Crippen LogP) is 1.65. The normalized spacial score (nSPS) is 19.3. The zero-order valence-corrected chi connectivity index (χ0v) is 8.99. The quantitative estimate of drug-likeness (QED) is 0.726. The van der Waals surface area contributed by atoms with E-state index in [0.29, 0.717) is 17.2 Å². The second-order valence-corrected chi connectivity index (χ2v) is 4.18. The summed E-state index contributed by atoms with van der Waals surface area (Å²) >= 11 is 0. The van der Waals surface area contributed by atoms with E-state index in [4.69, 9.17) is 14.2 Å². The molecule has 4 heteroatoms. The SMILES string of the molecule is COc1cc2c(cc1C1(C=O)CC1)OCO2. The van der Waals surface area contributed by atoms with Crippen LogP contribution in [0.4, 0.5) is 0 Å². The molecule has 1 saturated carbocycles. The third kappa shape index (κ3) is 1.19. The molecule has 1 aromatic carbocycles. The van der Waals surface area contributed by atoms with E-state index in [1.807, 2.05) is 6.07 Å². The second kappa shape index (κ2) is 3.14. The first-order valence-corrected chi connectivity index (χ1v) is 5.23. The molecule has 0 radical (unpaired) electrons. The molecule has 0 saturated heterocycles. The van der Waals surface area contributed by atoms with Gasteiger partial charge < -0.3 is 19.0 Å². The lowest BCUT2D eigenvalue weighted by molar-refractivity contribution is -0.109. The highest BCUT2D eigenvalue weighted by molar-refractivity contribution is 5.76. The van der Waals surface area contributed by atoms with Gasteiger partial charge in [-0.25, -0.2) is 0 Å². The predicted molar refractivity (Wildman–Crippen MR) is 56.1 cm³/mol. The number of aldehydes is 1. The van der Waals surface area contributed by atoms with Gasteiger partial charge in [0.1, 0.15) is 12.0 Å². The zero-order chi connectivity index (χ0) is 11.2. The summed E-state index contributed by atoms with van der Waals surface area (Å²) < 4.78 is 15.9. The molecule has 84 valence electrons. The van der Waals surface area contributed by atoms with Crippen LogP contribution in [0.15, 0.2) is 12.1 Å². The summed E-state index contributed by atoms with van der Waals surface area (Å²) in [5, 5.41) is 0. The molecule has 0 bridgehead atoms. The van der Waals surface area contributed by atoms with Gasteiger partial charge in [-0.05, 0) is 18.9 Å². The molecule has 0 spiro atoms. The van der Waals surface area contributed by atoms with E-state index in [9.17, 15) is 4.79 Å². The standard InChI is InChI=1S/C12H12O4/c1-14-9-5-11-10(15-7-16-11)4-8(9)12(6-13)2-3-12/h4-6H,2-3,7H2,1H3. The Bertz CT molecular complexity index is 449. The Morgan fingerprint density at radius 3 is 2.56 bits per heavy atom. The maximum absolute atomic E-state index is 11.1. The lowest BCUT2D eigenvalue weighted by atomic mass is 9.96. The summed E-state index contributed by atoms with van der Waals surface area (Å²) in [6, 6.07) is 3.66. The van der Waals surface area contributed by atoms with Crippen molar-refractivity contribution in [1.82, 2.24) is 0 Å². The molecule has 0 N–H and O–H groups in total. The van der Waals surface area contributed by atoms with Crippen LogP contribution in [-0.4, -0.2) is 20.2 Å². The first-order valence-electron chi connectivity index (χ1n) is 5.23. The molecule has 16 heavy (non-hydrogen) atoms. The van der Waals surface area contributed by atoms with Gasteiger partial charge in [-0.1, -0.05) is 0 Å². The zero-order valence-electron chi connectivity index (χ0n) is 8.99. The number of benzene rings is 1. The Kier molecular flexibility index (Phi) is 1.87. The Balaban J connectivity index is 2.13. The van der Waals surface area contributed by atoms with Crippen molar-refractivity contribution >= 4 is 6.29 Å². The van der Waals surface area contributed by atoms with Gasteiger partial charge in [-0.2, -0.15) is 0 Å². The van der Waals surface area contributed by atoms with Crippen molar-refractivity contribution in [2.24, 2.45) is 0 Å². The van der Waals surface area contributed by atoms with Crippen LogP contribution in [0.2, 0.25) is 0 Å². The minimum absolute atomic E-state index is 0.232. The summed E-state index contributed by atoms with van der Waals surface area (Å²) in [7, 11) is 1.60. The highest BCUT2D eigenvalue weighted by Crippen LogP contribution is 2.52. The topological polar surface area (TPSA) is 44.8 Å². The first-order chi connectivity index (χ1) is 7.79. The monoisotopic (exact) mass is 220 g/mol. The molecular weight excluding hydrogens is 208 g/mol. The fraction of sp³-hybridized carbons (Fsp3) is 0.417. The average molecular weight is 220 g/mol. The summed E-state index contributed by atoms with van der Waals surface area (Å²) in [5.74, 6) is 2.08. The molecule has 0 amide bonds. The fourth-order valence-electron chi connectivity index (χ4n) is 2.07. The summed E-state index contributed by atoms with van der Waals surface area (Å²) in [4.78, 5) is 11.1. The molecule has 0 atom stereocenters. The van der Waals surface area contributed by atoms with Gasteiger partial charge in [-0.15, -0.1) is 0 Å². The molecule has 0 aromatic heterocycles. The molecular formula is C12H12O4. The fourth-order valence-corrected chi connectivity index (χ4v) is 2.07. The van der Waals surface area contributed by atoms with E-state index in [1.54, 1.807) is 13.2 Å². The van der Waals surface area contributed by atoms with Gasteiger partial charge in [-0.3, -0.25) is 0 Å². The van der Waals surface area contributed by atoms with Crippen molar-refractivity contribution in [3.63, 3.8) is 0 Å². The Morgan fingerprint density at radius 1 is 1.31 bits per heavy atom. The van der Waals surface area contributed by atoms with Gasteiger partial charge in [0.25, 0.3) is 0 Å². The second-order valence-electron chi connectivity index (χ2n) is 4.18. The Hall–Kier alpha value is -1.71. The molecule has 1 aliphatic heterocycles. The van der Waals surface area contributed by atoms with E-state index in [0.717, 1.165) is 24.7 Å². The van der Waals surface area contributed by atoms with E-state index in [1.165, 1.54) is 0 Å². The van der Waals surface area contributed by atoms with Gasteiger partial charge in [0.2, 0.25) is 6.79 Å². The molecule has 1 aromatic rings. The number of carbonyl (C=O) groups excluding carboxylic acids is 1. The third-order valence-corrected chi connectivity index (χ3v) is 3.25. The number of hydrogen-bond donors (Lipinski definition) is 0. The van der Waals surface area contributed by atoms with Gasteiger partial charge >= 0.3 is 0 Å². The van der Waals surface area contributed by atoms with Crippen LogP contribution in [0.25, 0.3) is 0 Å². The van der Waals surface area contributed by atoms with E-state index >= 15 is 0 Å². The lowest BCUT2D eigenvalue weighted by Gasteiger charge is -2.13. The molecule has 3 rings (SSSR count). The minimum Gasteiger partial charge on any atom is -0.496 e. The number of ether oxygens (including phenoxy) is 3. The van der Waals surface area contributed by atoms with Crippen LogP contribution < -0.4 is 14.2 Å². The van der Waals surface area contributed by atoms with E-state index in [2.05, 4.69) is 0 Å². The molecule has 1 aliphatic carbocycles. The van der Waals surface area contributed by atoms with Crippen LogP contribution in [-0.2, 0) is 10.2 Å². The van der Waals surface area contributed by atoms with Crippen molar-refractivity contribution in [3.05, 3.63) is 17.7 Å². The van der Waals surface area contributed by atoms with Crippen molar-refractivity contribution in [2.75, 3.05) is 13.9 Å². The minimum atomic E-state index is -0.355. The first kappa shape index (κ1) is 9.51. The van der Waals surface area contributed by atoms with E-state index in [-0.39, 0.29) is 12.2 Å². The van der Waals surface area contributed by atoms with Crippen molar-refractivity contribution in [1.29, 1.82) is 0 Å². The van der Waals surface area contributed by atoms with Crippen molar-refractivity contribution < 1.29 is 19.0 Å². The number of methoxy groups -OCH3 is 1. The highest BCUT2D eigenvalue weighted by atomic mass is 16.7. The maximum atomic E-state index is 11.1. The van der Waals surface area contributed by atoms with Crippen LogP contribution in [0.1, 0.15) is 18.4 Å². The number of carbonyl (C=O) groups is 1. The van der Waals surface area contributed by atoms with Crippen molar-refractivity contribution in [3.8, 4) is 17.2 Å². The molecule has 2 aliphatic rings. The third-order valence-electron chi connectivity index (χ3n) is 3.25. The van der Waals surface area contributed by atoms with Gasteiger partial charge in [0, 0.05) is 11.6 Å². The number of fused-ring (bicyclic) bond motifs is 1. The molecule has 1 fully saturated rings. The van der Waals surface area contributed by atoms with Crippen molar-refractivity contribution in [2.45, 2.75) is 18.3 Å². The number of hydrogen-bond acceptors (Lipinski definition) is 4. The molecule has 1 heterocycles. The van der Waals surface area contributed by atoms with E-state index < -0.39 is 0 Å². The summed E-state index contributed by atoms with van der Waals surface area (Å²) in [6.45, 7) is 0.232. The lowest BCUT2D eigenvalue weighted by Crippen LogP contribution is -2.09. The smallest absolute Gasteiger partial charge is 0.231 e. The van der Waals surface area contributed by atoms with Gasteiger partial charge in [0.05, 0.1) is 12.5 Å². The number of rotatable bonds is 3. The Labute approximate surface area is 93.1 Å². The van der Waals surface area contributed by atoms with Crippen LogP contribution >= 0.6 is 0 Å². The summed E-state index contributed by atoms with van der Waals surface area (Å²) in [6.07, 6.45) is 2.77. The highest BCUT2D eigenvalue weighted by Gasteiger charge is 2.47. The largest absolute Gasteiger partial charge is 0.496 e. The molecule has 0 unspecified atom stereocenters. The van der Waals surface area contributed by atoms with Gasteiger partial charge in [0.15, 0.2) is 11.5 Å². The van der Waals surface area contributed by atoms with Crippen LogP contribution in [0, 0.1) is 0 Å². The van der Waals surface area contributed by atoms with Crippen LogP contribution in [0.3, 0.4) is 0 Å². The molecule has 4 nitrogen and oxygen atoms in total. The van der Waals surface area contributed by atoms with Crippen LogP contribution in [0.5, 0.6) is 17.2 Å². The maximum Gasteiger partial charge on any atom is 0.231 e.